The first kappa shape index (κ1) is 17.2. The fourth-order valence-electron chi connectivity index (χ4n) is 3.55. The molecule has 0 aromatic heterocycles. The first-order chi connectivity index (χ1) is 10.0. The van der Waals surface area contributed by atoms with Gasteiger partial charge in [-0.1, -0.05) is 26.2 Å². The van der Waals surface area contributed by atoms with E-state index in [2.05, 4.69) is 11.6 Å². The molecule has 1 atom stereocenters. The van der Waals surface area contributed by atoms with E-state index in [1.165, 1.54) is 23.6 Å². The molecule has 0 aromatic carbocycles. The summed E-state index contributed by atoms with van der Waals surface area (Å²) in [6, 6.07) is 0. The summed E-state index contributed by atoms with van der Waals surface area (Å²) in [7, 11) is -3.37. The van der Waals surface area contributed by atoms with Crippen LogP contribution in [0.1, 0.15) is 51.9 Å². The van der Waals surface area contributed by atoms with Crippen LogP contribution in [0.3, 0.4) is 0 Å². The molecular formula is C15H30N2O3S. The molecule has 1 aliphatic carbocycles. The zero-order valence-corrected chi connectivity index (χ0v) is 13.9. The second kappa shape index (κ2) is 7.90. The normalized spacial score (nSPS) is 32.2. The Bertz CT molecular complexity index is 405. The van der Waals surface area contributed by atoms with E-state index in [0.29, 0.717) is 25.6 Å². The van der Waals surface area contributed by atoms with Crippen LogP contribution < -0.4 is 4.72 Å². The molecule has 6 heteroatoms. The van der Waals surface area contributed by atoms with Crippen molar-refractivity contribution in [2.24, 2.45) is 17.8 Å². The van der Waals surface area contributed by atoms with Gasteiger partial charge < -0.3 is 5.11 Å². The van der Waals surface area contributed by atoms with Crippen LogP contribution in [0, 0.1) is 17.8 Å². The van der Waals surface area contributed by atoms with Crippen LogP contribution in [0.4, 0.5) is 0 Å². The number of piperidine rings is 1. The number of hydrogen-bond donors (Lipinski definition) is 2. The molecule has 1 saturated carbocycles. The molecule has 2 aliphatic rings. The molecule has 2 N–H and O–H groups in total. The third kappa shape index (κ3) is 4.91. The molecule has 1 aliphatic heterocycles. The van der Waals surface area contributed by atoms with Gasteiger partial charge in [-0.2, -0.15) is 12.7 Å². The van der Waals surface area contributed by atoms with Crippen LogP contribution >= 0.6 is 0 Å². The third-order valence-electron chi connectivity index (χ3n) is 5.18. The number of nitrogens with zero attached hydrogens (tertiary/aromatic N) is 1. The van der Waals surface area contributed by atoms with Crippen molar-refractivity contribution in [3.63, 3.8) is 0 Å². The Morgan fingerprint density at radius 2 is 1.76 bits per heavy atom. The predicted octanol–water partition coefficient (Wildman–Crippen LogP) is 1.74. The van der Waals surface area contributed by atoms with E-state index in [0.717, 1.165) is 31.6 Å². The highest BCUT2D eigenvalue weighted by Crippen LogP contribution is 2.30. The van der Waals surface area contributed by atoms with Crippen LogP contribution in [0.25, 0.3) is 0 Å². The molecule has 1 saturated heterocycles. The lowest BCUT2D eigenvalue weighted by atomic mass is 9.81. The largest absolute Gasteiger partial charge is 0.396 e. The average molecular weight is 318 g/mol. The van der Waals surface area contributed by atoms with Crippen molar-refractivity contribution < 1.29 is 13.5 Å². The molecule has 124 valence electrons. The van der Waals surface area contributed by atoms with Crippen molar-refractivity contribution >= 4 is 10.2 Å². The van der Waals surface area contributed by atoms with E-state index in [-0.39, 0.29) is 12.5 Å². The number of hydrogen-bond acceptors (Lipinski definition) is 3. The SMILES string of the molecule is CCC1CCC(CNS(=O)(=O)N2CCCC(CO)C2)CC1. The number of rotatable bonds is 6. The van der Waals surface area contributed by atoms with Gasteiger partial charge in [-0.25, -0.2) is 4.72 Å². The Balaban J connectivity index is 1.79. The molecule has 0 bridgehead atoms. The average Bonchev–Trinajstić information content (AvgIpc) is 2.53. The predicted molar refractivity (Wildman–Crippen MR) is 84.0 cm³/mol. The quantitative estimate of drug-likeness (QED) is 0.784. The van der Waals surface area contributed by atoms with Crippen molar-refractivity contribution in [3.8, 4) is 0 Å². The standard InChI is InChI=1S/C15H30N2O3S/c1-2-13-5-7-14(8-6-13)10-16-21(19,20)17-9-3-4-15(11-17)12-18/h13-16,18H,2-12H2,1H3. The highest BCUT2D eigenvalue weighted by Gasteiger charge is 2.29. The number of nitrogens with one attached hydrogen (secondary N) is 1. The fourth-order valence-corrected chi connectivity index (χ4v) is 4.96. The summed E-state index contributed by atoms with van der Waals surface area (Å²) in [5.74, 6) is 1.42. The topological polar surface area (TPSA) is 69.6 Å². The summed E-state index contributed by atoms with van der Waals surface area (Å²) in [5.41, 5.74) is 0. The number of aliphatic hydroxyl groups excluding tert-OH is 1. The lowest BCUT2D eigenvalue weighted by Gasteiger charge is -2.32. The van der Waals surface area contributed by atoms with E-state index in [1.54, 1.807) is 0 Å². The Labute approximate surface area is 129 Å². The van der Waals surface area contributed by atoms with Gasteiger partial charge in [0.2, 0.25) is 0 Å². The van der Waals surface area contributed by atoms with Gasteiger partial charge in [-0.05, 0) is 43.4 Å². The van der Waals surface area contributed by atoms with E-state index in [4.69, 9.17) is 0 Å². The summed E-state index contributed by atoms with van der Waals surface area (Å²) < 4.78 is 29.0. The lowest BCUT2D eigenvalue weighted by molar-refractivity contribution is 0.164. The van der Waals surface area contributed by atoms with Crippen molar-refractivity contribution in [3.05, 3.63) is 0 Å². The van der Waals surface area contributed by atoms with Crippen LogP contribution in [-0.2, 0) is 10.2 Å². The molecule has 1 unspecified atom stereocenters. The van der Waals surface area contributed by atoms with Gasteiger partial charge in [0.15, 0.2) is 0 Å². The van der Waals surface area contributed by atoms with Gasteiger partial charge in [0.1, 0.15) is 0 Å². The van der Waals surface area contributed by atoms with E-state index in [9.17, 15) is 13.5 Å². The maximum atomic E-state index is 12.3. The minimum atomic E-state index is -3.37. The second-order valence-corrected chi connectivity index (χ2v) is 8.45. The molecule has 2 fully saturated rings. The smallest absolute Gasteiger partial charge is 0.279 e. The first-order valence-corrected chi connectivity index (χ1v) is 9.84. The van der Waals surface area contributed by atoms with Gasteiger partial charge in [0.05, 0.1) is 0 Å². The summed E-state index contributed by atoms with van der Waals surface area (Å²) >= 11 is 0. The Morgan fingerprint density at radius 1 is 1.10 bits per heavy atom. The molecular weight excluding hydrogens is 288 g/mol. The van der Waals surface area contributed by atoms with Crippen molar-refractivity contribution in [2.75, 3.05) is 26.2 Å². The van der Waals surface area contributed by atoms with Crippen LogP contribution in [-0.4, -0.2) is 44.1 Å². The van der Waals surface area contributed by atoms with Gasteiger partial charge in [0, 0.05) is 26.2 Å². The summed E-state index contributed by atoms with van der Waals surface area (Å²) in [4.78, 5) is 0. The molecule has 0 aromatic rings. The van der Waals surface area contributed by atoms with Crippen LogP contribution in [0.15, 0.2) is 0 Å². The molecule has 1 heterocycles. The highest BCUT2D eigenvalue weighted by molar-refractivity contribution is 7.87. The van der Waals surface area contributed by atoms with Gasteiger partial charge in [-0.15, -0.1) is 0 Å². The van der Waals surface area contributed by atoms with E-state index in [1.807, 2.05) is 0 Å². The molecule has 5 nitrogen and oxygen atoms in total. The number of aliphatic hydroxyl groups is 1. The molecule has 0 spiro atoms. The minimum Gasteiger partial charge on any atom is -0.396 e. The zero-order valence-electron chi connectivity index (χ0n) is 13.1. The third-order valence-corrected chi connectivity index (χ3v) is 6.72. The summed E-state index contributed by atoms with van der Waals surface area (Å²) in [5, 5.41) is 9.21. The molecule has 0 amide bonds. The van der Waals surface area contributed by atoms with Crippen molar-refractivity contribution in [1.82, 2.24) is 9.03 Å². The molecule has 0 radical (unpaired) electrons. The molecule has 2 rings (SSSR count). The summed E-state index contributed by atoms with van der Waals surface area (Å²) in [6.07, 6.45) is 7.76. The maximum Gasteiger partial charge on any atom is 0.279 e. The lowest BCUT2D eigenvalue weighted by Crippen LogP contribution is -2.47. The van der Waals surface area contributed by atoms with Crippen molar-refractivity contribution in [1.29, 1.82) is 0 Å². The summed E-state index contributed by atoms with van der Waals surface area (Å²) in [6.45, 7) is 3.91. The zero-order chi connectivity index (χ0) is 15.3. The molecule has 21 heavy (non-hydrogen) atoms. The van der Waals surface area contributed by atoms with Gasteiger partial charge in [-0.3, -0.25) is 0 Å². The van der Waals surface area contributed by atoms with Crippen LogP contribution in [0.2, 0.25) is 0 Å². The monoisotopic (exact) mass is 318 g/mol. The van der Waals surface area contributed by atoms with Gasteiger partial charge in [0.25, 0.3) is 10.2 Å². The van der Waals surface area contributed by atoms with Crippen molar-refractivity contribution in [2.45, 2.75) is 51.9 Å². The first-order valence-electron chi connectivity index (χ1n) is 8.40. The highest BCUT2D eigenvalue weighted by atomic mass is 32.2. The van der Waals surface area contributed by atoms with E-state index < -0.39 is 10.2 Å². The maximum absolute atomic E-state index is 12.3. The second-order valence-electron chi connectivity index (χ2n) is 6.70. The van der Waals surface area contributed by atoms with Crippen LogP contribution in [0.5, 0.6) is 0 Å². The van der Waals surface area contributed by atoms with Gasteiger partial charge >= 0.3 is 0 Å². The Morgan fingerprint density at radius 3 is 2.38 bits per heavy atom. The minimum absolute atomic E-state index is 0.0764. The van der Waals surface area contributed by atoms with E-state index >= 15 is 0 Å². The Hall–Kier alpha value is -0.170. The fraction of sp³-hybridized carbons (Fsp3) is 1.00. The Kier molecular flexibility index (Phi) is 6.47.